The van der Waals surface area contributed by atoms with Crippen LogP contribution in [0.1, 0.15) is 10.4 Å². The summed E-state index contributed by atoms with van der Waals surface area (Å²) in [6.45, 7) is 0. The Morgan fingerprint density at radius 1 is 1.23 bits per heavy atom. The Morgan fingerprint density at radius 3 is 2.64 bits per heavy atom. The fourth-order valence-corrected chi connectivity index (χ4v) is 2.31. The molecule has 2 N–H and O–H groups in total. The molecule has 1 heterocycles. The SMILES string of the molecule is COc1c2ccc(C(=O)Nc3ccc(O)cc3)cc2nn1C. The lowest BCUT2D eigenvalue weighted by atomic mass is 10.1. The Morgan fingerprint density at radius 2 is 1.95 bits per heavy atom. The number of carbonyl (C=O) groups is 1. The normalized spacial score (nSPS) is 10.6. The highest BCUT2D eigenvalue weighted by Gasteiger charge is 2.13. The van der Waals surface area contributed by atoms with Crippen LogP contribution in [0, 0.1) is 0 Å². The first-order valence-corrected chi connectivity index (χ1v) is 6.69. The van der Waals surface area contributed by atoms with Gasteiger partial charge in [-0.2, -0.15) is 5.10 Å². The molecule has 2 aromatic carbocycles. The summed E-state index contributed by atoms with van der Waals surface area (Å²) in [5, 5.41) is 17.2. The quantitative estimate of drug-likeness (QED) is 0.728. The highest BCUT2D eigenvalue weighted by Crippen LogP contribution is 2.25. The molecule has 1 amide bonds. The van der Waals surface area contributed by atoms with Gasteiger partial charge < -0.3 is 15.2 Å². The molecule has 0 unspecified atom stereocenters. The van der Waals surface area contributed by atoms with E-state index in [-0.39, 0.29) is 11.7 Å². The lowest BCUT2D eigenvalue weighted by Gasteiger charge is -2.05. The highest BCUT2D eigenvalue weighted by molar-refractivity contribution is 6.06. The Bertz CT molecular complexity index is 838. The van der Waals surface area contributed by atoms with Crippen molar-refractivity contribution in [3.05, 3.63) is 48.0 Å². The van der Waals surface area contributed by atoms with Gasteiger partial charge >= 0.3 is 0 Å². The van der Waals surface area contributed by atoms with Gasteiger partial charge in [-0.15, -0.1) is 0 Å². The molecule has 3 aromatic rings. The minimum Gasteiger partial charge on any atom is -0.508 e. The fraction of sp³-hybridized carbons (Fsp3) is 0.125. The van der Waals surface area contributed by atoms with Crippen LogP contribution in [0.15, 0.2) is 42.5 Å². The summed E-state index contributed by atoms with van der Waals surface area (Å²) < 4.78 is 6.91. The monoisotopic (exact) mass is 297 g/mol. The Labute approximate surface area is 126 Å². The number of anilines is 1. The van der Waals surface area contributed by atoms with Crippen molar-refractivity contribution in [2.75, 3.05) is 12.4 Å². The molecule has 0 spiro atoms. The second kappa shape index (κ2) is 5.40. The molecular weight excluding hydrogens is 282 g/mol. The predicted octanol–water partition coefficient (Wildman–Crippen LogP) is 2.54. The number of rotatable bonds is 3. The molecule has 0 saturated heterocycles. The first kappa shape index (κ1) is 13.9. The highest BCUT2D eigenvalue weighted by atomic mass is 16.5. The van der Waals surface area contributed by atoms with Gasteiger partial charge in [0, 0.05) is 18.3 Å². The van der Waals surface area contributed by atoms with Crippen LogP contribution >= 0.6 is 0 Å². The topological polar surface area (TPSA) is 76.4 Å². The number of nitrogens with one attached hydrogen (secondary N) is 1. The molecule has 0 aliphatic carbocycles. The smallest absolute Gasteiger partial charge is 0.255 e. The van der Waals surface area contributed by atoms with Gasteiger partial charge in [-0.25, -0.2) is 4.68 Å². The first-order valence-electron chi connectivity index (χ1n) is 6.69. The van der Waals surface area contributed by atoms with E-state index in [1.54, 1.807) is 43.1 Å². The maximum absolute atomic E-state index is 12.3. The van der Waals surface area contributed by atoms with Crippen LogP contribution < -0.4 is 10.1 Å². The number of hydrogen-bond acceptors (Lipinski definition) is 4. The van der Waals surface area contributed by atoms with Crippen LogP contribution in [0.5, 0.6) is 11.6 Å². The minimum absolute atomic E-state index is 0.153. The van der Waals surface area contributed by atoms with Crippen LogP contribution in [0.25, 0.3) is 10.9 Å². The number of amides is 1. The number of benzene rings is 2. The molecule has 0 atom stereocenters. The maximum atomic E-state index is 12.3. The van der Waals surface area contributed by atoms with Crippen molar-refractivity contribution in [2.24, 2.45) is 7.05 Å². The van der Waals surface area contributed by atoms with Crippen LogP contribution in [0.4, 0.5) is 5.69 Å². The third-order valence-corrected chi connectivity index (χ3v) is 3.36. The zero-order chi connectivity index (χ0) is 15.7. The fourth-order valence-electron chi connectivity index (χ4n) is 2.31. The minimum atomic E-state index is -0.239. The van der Waals surface area contributed by atoms with Gasteiger partial charge in [0.05, 0.1) is 18.0 Å². The first-order chi connectivity index (χ1) is 10.6. The largest absolute Gasteiger partial charge is 0.508 e. The summed E-state index contributed by atoms with van der Waals surface area (Å²) in [7, 11) is 3.37. The number of aromatic hydroxyl groups is 1. The van der Waals surface area contributed by atoms with Gasteiger partial charge in [-0.3, -0.25) is 4.79 Å². The van der Waals surface area contributed by atoms with Gasteiger partial charge in [-0.05, 0) is 42.5 Å². The average Bonchev–Trinajstić information content (AvgIpc) is 2.83. The van der Waals surface area contributed by atoms with Crippen molar-refractivity contribution in [3.63, 3.8) is 0 Å². The number of hydrogen-bond donors (Lipinski definition) is 2. The number of nitrogens with zero attached hydrogens (tertiary/aromatic N) is 2. The molecule has 6 heteroatoms. The van der Waals surface area contributed by atoms with E-state index in [1.807, 2.05) is 6.07 Å². The van der Waals surface area contributed by atoms with E-state index in [2.05, 4.69) is 10.4 Å². The van der Waals surface area contributed by atoms with Crippen molar-refractivity contribution in [3.8, 4) is 11.6 Å². The van der Waals surface area contributed by atoms with Crippen molar-refractivity contribution >= 4 is 22.5 Å². The van der Waals surface area contributed by atoms with E-state index in [9.17, 15) is 9.90 Å². The molecule has 22 heavy (non-hydrogen) atoms. The third kappa shape index (κ3) is 2.46. The number of phenolic OH excluding ortho intramolecular Hbond substituents is 1. The number of ether oxygens (including phenoxy) is 1. The Balaban J connectivity index is 1.89. The molecule has 0 radical (unpaired) electrons. The molecule has 112 valence electrons. The summed E-state index contributed by atoms with van der Waals surface area (Å²) in [6, 6.07) is 11.6. The lowest BCUT2D eigenvalue weighted by molar-refractivity contribution is 0.102. The van der Waals surface area contributed by atoms with Gasteiger partial charge in [-0.1, -0.05) is 0 Å². The van der Waals surface area contributed by atoms with Crippen molar-refractivity contribution in [1.82, 2.24) is 9.78 Å². The Hall–Kier alpha value is -3.02. The summed E-state index contributed by atoms with van der Waals surface area (Å²) in [4.78, 5) is 12.3. The van der Waals surface area contributed by atoms with Gasteiger partial charge in [0.25, 0.3) is 5.91 Å². The van der Waals surface area contributed by atoms with E-state index in [4.69, 9.17) is 4.74 Å². The zero-order valence-electron chi connectivity index (χ0n) is 12.2. The second-order valence-electron chi connectivity index (χ2n) is 4.87. The van der Waals surface area contributed by atoms with Crippen molar-refractivity contribution in [1.29, 1.82) is 0 Å². The molecular formula is C16H15N3O3. The molecule has 0 fully saturated rings. The van der Waals surface area contributed by atoms with Crippen LogP contribution in [0.3, 0.4) is 0 Å². The van der Waals surface area contributed by atoms with E-state index in [1.165, 1.54) is 12.1 Å². The average molecular weight is 297 g/mol. The van der Waals surface area contributed by atoms with E-state index in [0.29, 0.717) is 22.6 Å². The third-order valence-electron chi connectivity index (χ3n) is 3.36. The van der Waals surface area contributed by atoms with Gasteiger partial charge in [0.1, 0.15) is 5.75 Å². The molecule has 6 nitrogen and oxygen atoms in total. The van der Waals surface area contributed by atoms with Crippen LogP contribution in [0.2, 0.25) is 0 Å². The van der Waals surface area contributed by atoms with E-state index in [0.717, 1.165) is 5.39 Å². The number of phenols is 1. The summed E-state index contributed by atoms with van der Waals surface area (Å²) >= 11 is 0. The molecule has 0 aliphatic rings. The van der Waals surface area contributed by atoms with Crippen molar-refractivity contribution in [2.45, 2.75) is 0 Å². The van der Waals surface area contributed by atoms with Gasteiger partial charge in [0.15, 0.2) is 0 Å². The Kier molecular flexibility index (Phi) is 3.42. The lowest BCUT2D eigenvalue weighted by Crippen LogP contribution is -2.11. The summed E-state index contributed by atoms with van der Waals surface area (Å²) in [5.41, 5.74) is 1.81. The summed E-state index contributed by atoms with van der Waals surface area (Å²) in [6.07, 6.45) is 0. The number of aromatic nitrogens is 2. The van der Waals surface area contributed by atoms with Gasteiger partial charge in [0.2, 0.25) is 5.88 Å². The van der Waals surface area contributed by atoms with Crippen LogP contribution in [-0.4, -0.2) is 27.9 Å². The number of carbonyl (C=O) groups excluding carboxylic acids is 1. The molecule has 0 bridgehead atoms. The number of fused-ring (bicyclic) bond motifs is 1. The molecule has 0 aliphatic heterocycles. The number of methoxy groups -OCH3 is 1. The molecule has 0 saturated carbocycles. The zero-order valence-corrected chi connectivity index (χ0v) is 12.2. The predicted molar refractivity (Wildman–Crippen MR) is 83.3 cm³/mol. The maximum Gasteiger partial charge on any atom is 0.255 e. The number of aryl methyl sites for hydroxylation is 1. The van der Waals surface area contributed by atoms with E-state index >= 15 is 0 Å². The van der Waals surface area contributed by atoms with Crippen molar-refractivity contribution < 1.29 is 14.6 Å². The second-order valence-corrected chi connectivity index (χ2v) is 4.87. The summed E-state index contributed by atoms with van der Waals surface area (Å²) in [5.74, 6) is 0.567. The molecule has 3 rings (SSSR count). The molecule has 1 aromatic heterocycles. The standard InChI is InChI=1S/C16H15N3O3/c1-19-16(22-2)13-8-3-10(9-14(13)18-19)15(21)17-11-4-6-12(20)7-5-11/h3-9,20H,1-2H3,(H,17,21). The van der Waals surface area contributed by atoms with Crippen LogP contribution in [-0.2, 0) is 7.05 Å². The van der Waals surface area contributed by atoms with E-state index < -0.39 is 0 Å².